The predicted molar refractivity (Wildman–Crippen MR) is 108 cm³/mol. The van der Waals surface area contributed by atoms with E-state index >= 15 is 0 Å². The lowest BCUT2D eigenvalue weighted by molar-refractivity contribution is 0.0844. The molecule has 7 heteroatoms. The molecule has 2 aromatic heterocycles. The maximum atomic E-state index is 12.9. The van der Waals surface area contributed by atoms with E-state index in [2.05, 4.69) is 15.8 Å². The Labute approximate surface area is 165 Å². The number of nitrogens with one attached hydrogen (secondary N) is 3. The van der Waals surface area contributed by atoms with E-state index in [4.69, 9.17) is 4.42 Å². The highest BCUT2D eigenvalue weighted by atomic mass is 16.3. The number of hydrazine groups is 1. The zero-order valence-corrected chi connectivity index (χ0v) is 15.5. The Morgan fingerprint density at radius 3 is 2.38 bits per heavy atom. The average Bonchev–Trinajstić information content (AvgIpc) is 3.29. The van der Waals surface area contributed by atoms with Crippen molar-refractivity contribution in [3.63, 3.8) is 0 Å². The van der Waals surface area contributed by atoms with E-state index in [1.807, 2.05) is 30.3 Å². The van der Waals surface area contributed by atoms with Gasteiger partial charge in [0.1, 0.15) is 11.5 Å². The topological polar surface area (TPSA) is 104 Å². The smallest absolute Gasteiger partial charge is 0.286 e. The summed E-state index contributed by atoms with van der Waals surface area (Å²) in [5.74, 6) is -0.689. The molecular formula is C22H17N3O4. The molecule has 0 aliphatic rings. The second-order valence-corrected chi connectivity index (χ2v) is 6.43. The van der Waals surface area contributed by atoms with Crippen LogP contribution in [0.25, 0.3) is 22.3 Å². The lowest BCUT2D eigenvalue weighted by Crippen LogP contribution is -2.41. The van der Waals surface area contributed by atoms with Gasteiger partial charge in [0.15, 0.2) is 11.0 Å². The van der Waals surface area contributed by atoms with Gasteiger partial charge in [0.05, 0.1) is 10.9 Å². The normalized spacial score (nSPS) is 10.7. The molecule has 3 N–H and O–H groups in total. The van der Waals surface area contributed by atoms with Crippen molar-refractivity contribution in [3.05, 3.63) is 93.9 Å². The van der Waals surface area contributed by atoms with Crippen LogP contribution < -0.4 is 16.3 Å². The number of carbonyl (C=O) groups is 2. The molecule has 2 amide bonds. The summed E-state index contributed by atoms with van der Waals surface area (Å²) in [4.78, 5) is 40.3. The zero-order valence-electron chi connectivity index (χ0n) is 15.5. The number of aromatic amines is 1. The van der Waals surface area contributed by atoms with E-state index in [9.17, 15) is 14.4 Å². The summed E-state index contributed by atoms with van der Waals surface area (Å²) in [6, 6.07) is 17.2. The van der Waals surface area contributed by atoms with Crippen molar-refractivity contribution in [1.29, 1.82) is 0 Å². The van der Waals surface area contributed by atoms with E-state index in [-0.39, 0.29) is 16.6 Å². The summed E-state index contributed by atoms with van der Waals surface area (Å²) in [6.07, 6.45) is 1.60. The molecule has 0 radical (unpaired) electrons. The Morgan fingerprint density at radius 2 is 1.66 bits per heavy atom. The van der Waals surface area contributed by atoms with Gasteiger partial charge in [-0.3, -0.25) is 25.2 Å². The molecule has 0 spiro atoms. The predicted octanol–water partition coefficient (Wildman–Crippen LogP) is 3.17. The highest BCUT2D eigenvalue weighted by Gasteiger charge is 2.19. The van der Waals surface area contributed by atoms with Crippen molar-refractivity contribution < 1.29 is 14.0 Å². The number of amides is 2. The molecule has 0 saturated heterocycles. The number of hydrogen-bond donors (Lipinski definition) is 3. The maximum Gasteiger partial charge on any atom is 0.286 e. The maximum absolute atomic E-state index is 12.9. The van der Waals surface area contributed by atoms with Crippen LogP contribution in [0.4, 0.5) is 0 Å². The minimum Gasteiger partial charge on any atom is -0.455 e. The van der Waals surface area contributed by atoms with Crippen LogP contribution in [0.3, 0.4) is 0 Å². The van der Waals surface area contributed by atoms with E-state index < -0.39 is 11.8 Å². The van der Waals surface area contributed by atoms with Gasteiger partial charge < -0.3 is 9.40 Å². The third-order valence-electron chi connectivity index (χ3n) is 4.56. The highest BCUT2D eigenvalue weighted by molar-refractivity contribution is 6.06. The van der Waals surface area contributed by atoms with Gasteiger partial charge in [-0.15, -0.1) is 0 Å². The molecule has 0 unspecified atom stereocenters. The minimum atomic E-state index is -0.596. The SMILES string of the molecule is Cc1c(-c2ccccc2)oc2c(C(=O)NNC(=O)c3ccc[nH]3)cccc2c1=O. The molecule has 0 bridgehead atoms. The average molecular weight is 387 g/mol. The summed E-state index contributed by atoms with van der Waals surface area (Å²) < 4.78 is 6.01. The molecule has 7 nitrogen and oxygen atoms in total. The first-order chi connectivity index (χ1) is 14.1. The lowest BCUT2D eigenvalue weighted by atomic mass is 10.0. The van der Waals surface area contributed by atoms with E-state index in [1.165, 1.54) is 6.07 Å². The summed E-state index contributed by atoms with van der Waals surface area (Å²) in [5, 5.41) is 0.297. The van der Waals surface area contributed by atoms with Gasteiger partial charge in [0.2, 0.25) is 0 Å². The van der Waals surface area contributed by atoms with Crippen molar-refractivity contribution in [2.24, 2.45) is 0 Å². The first-order valence-electron chi connectivity index (χ1n) is 8.92. The number of hydrogen-bond acceptors (Lipinski definition) is 4. The van der Waals surface area contributed by atoms with Gasteiger partial charge >= 0.3 is 0 Å². The summed E-state index contributed by atoms with van der Waals surface area (Å²) in [6.45, 7) is 1.69. The Kier molecular flexibility index (Phi) is 4.70. The fourth-order valence-electron chi connectivity index (χ4n) is 3.07. The van der Waals surface area contributed by atoms with Gasteiger partial charge in [0, 0.05) is 17.3 Å². The molecule has 29 heavy (non-hydrogen) atoms. The fourth-order valence-corrected chi connectivity index (χ4v) is 3.07. The molecule has 0 fully saturated rings. The van der Waals surface area contributed by atoms with Crippen LogP contribution in [-0.4, -0.2) is 16.8 Å². The third kappa shape index (κ3) is 3.41. The second kappa shape index (κ2) is 7.47. The molecule has 0 aliphatic heterocycles. The largest absolute Gasteiger partial charge is 0.455 e. The number of H-pyrrole nitrogens is 1. The van der Waals surface area contributed by atoms with Gasteiger partial charge in [-0.25, -0.2) is 0 Å². The van der Waals surface area contributed by atoms with Gasteiger partial charge in [-0.2, -0.15) is 0 Å². The van der Waals surface area contributed by atoms with E-state index in [0.29, 0.717) is 22.4 Å². The molecule has 0 saturated carbocycles. The first kappa shape index (κ1) is 18.2. The van der Waals surface area contributed by atoms with Crippen molar-refractivity contribution in [1.82, 2.24) is 15.8 Å². The molecule has 4 aromatic rings. The van der Waals surface area contributed by atoms with Crippen molar-refractivity contribution in [3.8, 4) is 11.3 Å². The fraction of sp³-hybridized carbons (Fsp3) is 0.0455. The van der Waals surface area contributed by atoms with E-state index in [0.717, 1.165) is 5.56 Å². The van der Waals surface area contributed by atoms with Crippen LogP contribution in [0, 0.1) is 6.92 Å². The van der Waals surface area contributed by atoms with Crippen LogP contribution in [0.2, 0.25) is 0 Å². The van der Waals surface area contributed by atoms with Crippen LogP contribution in [0.15, 0.2) is 76.1 Å². The monoisotopic (exact) mass is 387 g/mol. The van der Waals surface area contributed by atoms with Crippen LogP contribution in [0.5, 0.6) is 0 Å². The number of carbonyl (C=O) groups excluding carboxylic acids is 2. The number of benzene rings is 2. The van der Waals surface area contributed by atoms with Crippen molar-refractivity contribution in [2.45, 2.75) is 6.92 Å². The van der Waals surface area contributed by atoms with E-state index in [1.54, 1.807) is 37.4 Å². The number of para-hydroxylation sites is 1. The highest BCUT2D eigenvalue weighted by Crippen LogP contribution is 2.27. The van der Waals surface area contributed by atoms with Crippen LogP contribution >= 0.6 is 0 Å². The molecular weight excluding hydrogens is 370 g/mol. The minimum absolute atomic E-state index is 0.142. The zero-order chi connectivity index (χ0) is 20.4. The Balaban J connectivity index is 1.73. The van der Waals surface area contributed by atoms with Crippen LogP contribution in [0.1, 0.15) is 26.4 Å². The summed E-state index contributed by atoms with van der Waals surface area (Å²) in [5.41, 5.74) is 6.27. The third-order valence-corrected chi connectivity index (χ3v) is 4.56. The molecule has 0 aliphatic carbocycles. The van der Waals surface area contributed by atoms with Gasteiger partial charge in [0.25, 0.3) is 11.8 Å². The first-order valence-corrected chi connectivity index (χ1v) is 8.92. The number of fused-ring (bicyclic) bond motifs is 1. The second-order valence-electron chi connectivity index (χ2n) is 6.43. The molecule has 4 rings (SSSR count). The molecule has 2 aromatic carbocycles. The Bertz CT molecular complexity index is 1260. The van der Waals surface area contributed by atoms with Gasteiger partial charge in [-0.1, -0.05) is 36.4 Å². The molecule has 2 heterocycles. The summed E-state index contributed by atoms with van der Waals surface area (Å²) >= 11 is 0. The van der Waals surface area contributed by atoms with Crippen molar-refractivity contribution in [2.75, 3.05) is 0 Å². The standard InChI is InChI=1S/C22H17N3O4/c1-13-18(26)15-9-5-10-16(20(15)29-19(13)14-7-3-2-4-8-14)21(27)24-25-22(28)17-11-6-12-23-17/h2-12,23H,1H3,(H,24,27)(H,25,28). The Morgan fingerprint density at radius 1 is 0.897 bits per heavy atom. The van der Waals surface area contributed by atoms with Crippen LogP contribution in [-0.2, 0) is 0 Å². The summed E-state index contributed by atoms with van der Waals surface area (Å²) in [7, 11) is 0. The molecule has 144 valence electrons. The lowest BCUT2D eigenvalue weighted by Gasteiger charge is -2.11. The van der Waals surface area contributed by atoms with Crippen molar-refractivity contribution >= 4 is 22.8 Å². The number of rotatable bonds is 3. The molecule has 0 atom stereocenters. The van der Waals surface area contributed by atoms with Gasteiger partial charge in [-0.05, 0) is 31.2 Å². The number of aromatic nitrogens is 1. The Hall–Kier alpha value is -4.13. The quantitative estimate of drug-likeness (QED) is 0.470.